The van der Waals surface area contributed by atoms with Crippen molar-refractivity contribution >= 4 is 11.9 Å². The molecule has 3 atom stereocenters. The first kappa shape index (κ1) is 29.7. The molecule has 34 heavy (non-hydrogen) atoms. The molecule has 2 heterocycles. The molecule has 2 fully saturated rings. The highest BCUT2D eigenvalue weighted by molar-refractivity contribution is 5.93. The van der Waals surface area contributed by atoms with Crippen molar-refractivity contribution in [3.63, 3.8) is 0 Å². The zero-order valence-corrected chi connectivity index (χ0v) is 23.0. The molecule has 0 aromatic heterocycles. The zero-order valence-electron chi connectivity index (χ0n) is 23.0. The molecular formula is C28H46N2O4. The van der Waals surface area contributed by atoms with E-state index in [9.17, 15) is 9.59 Å². The smallest absolute Gasteiger partial charge is 0.328 e. The fraction of sp³-hybridized carbons (Fsp3) is 0.643. The van der Waals surface area contributed by atoms with Crippen LogP contribution in [0.1, 0.15) is 71.9 Å². The monoisotopic (exact) mass is 474 g/mol. The van der Waals surface area contributed by atoms with Crippen molar-refractivity contribution in [2.45, 2.75) is 85.2 Å². The van der Waals surface area contributed by atoms with Crippen molar-refractivity contribution in [1.29, 1.82) is 0 Å². The Morgan fingerprint density at radius 3 is 2.35 bits per heavy atom. The molecule has 3 unspecified atom stereocenters. The van der Waals surface area contributed by atoms with E-state index in [1.54, 1.807) is 18.1 Å². The first-order valence-electron chi connectivity index (χ1n) is 12.7. The third kappa shape index (κ3) is 6.21. The van der Waals surface area contributed by atoms with Gasteiger partial charge in [0.25, 0.3) is 0 Å². The summed E-state index contributed by atoms with van der Waals surface area (Å²) in [5.74, 6) is 0.380. The van der Waals surface area contributed by atoms with Gasteiger partial charge in [0.2, 0.25) is 5.91 Å². The highest BCUT2D eigenvalue weighted by Crippen LogP contribution is 2.44. The number of esters is 1. The van der Waals surface area contributed by atoms with E-state index in [1.165, 1.54) is 18.2 Å². The van der Waals surface area contributed by atoms with E-state index in [1.807, 2.05) is 33.8 Å². The number of hydrogen-bond acceptors (Lipinski definition) is 5. The van der Waals surface area contributed by atoms with Crippen LogP contribution in [0.4, 0.5) is 0 Å². The molecule has 0 spiro atoms. The summed E-state index contributed by atoms with van der Waals surface area (Å²) >= 11 is 0. The number of piperidine rings is 1. The van der Waals surface area contributed by atoms with E-state index in [4.69, 9.17) is 9.47 Å². The number of carbonyl (C=O) groups is 2. The lowest BCUT2D eigenvalue weighted by Crippen LogP contribution is -2.48. The van der Waals surface area contributed by atoms with Gasteiger partial charge < -0.3 is 14.4 Å². The van der Waals surface area contributed by atoms with Crippen molar-refractivity contribution in [3.8, 4) is 5.75 Å². The minimum absolute atomic E-state index is 0.105. The predicted octanol–water partition coefficient (Wildman–Crippen LogP) is 5.13. The molecule has 1 aromatic rings. The van der Waals surface area contributed by atoms with Gasteiger partial charge in [-0.2, -0.15) is 0 Å². The van der Waals surface area contributed by atoms with Crippen molar-refractivity contribution < 1.29 is 19.1 Å². The number of hydrogen-bond donors (Lipinski definition) is 0. The minimum Gasteiger partial charge on any atom is -0.497 e. The first-order valence-corrected chi connectivity index (χ1v) is 12.7. The standard InChI is InChI=1S/C24H34N2O4.2C2H6/c1-16-9-10-18(29-5)14-19(16)24(3)11-13-25(4)17(2)20(24)15-22(27)26-12-7-8-21(26)23(28)30-6;2*1-2/h9-10,14-15,17,21H,7-8,11-13H2,1-6H3;2*1-2H3/b20-15+;;. The lowest BCUT2D eigenvalue weighted by Gasteiger charge is -2.46. The second-order valence-electron chi connectivity index (χ2n) is 8.73. The summed E-state index contributed by atoms with van der Waals surface area (Å²) in [6.45, 7) is 16.0. The normalized spacial score (nSPS) is 25.6. The van der Waals surface area contributed by atoms with Crippen LogP contribution in [-0.2, 0) is 19.7 Å². The number of methoxy groups -OCH3 is 2. The third-order valence-electron chi connectivity index (χ3n) is 7.04. The van der Waals surface area contributed by atoms with Gasteiger partial charge in [-0.3, -0.25) is 9.69 Å². The van der Waals surface area contributed by atoms with Crippen LogP contribution >= 0.6 is 0 Å². The molecule has 0 radical (unpaired) electrons. The molecule has 0 bridgehead atoms. The molecule has 1 aromatic carbocycles. The SMILES string of the molecule is CC.CC.COC(=O)C1CCCN1C(=O)/C=C1\C(C)N(C)CCC1(C)c1cc(OC)ccc1C. The Kier molecular flexibility index (Phi) is 11.8. The lowest BCUT2D eigenvalue weighted by atomic mass is 9.67. The Morgan fingerprint density at radius 2 is 1.76 bits per heavy atom. The maximum absolute atomic E-state index is 13.3. The topological polar surface area (TPSA) is 59.1 Å². The average molecular weight is 475 g/mol. The first-order chi connectivity index (χ1) is 16.2. The van der Waals surface area contributed by atoms with Crippen LogP contribution in [0.25, 0.3) is 0 Å². The van der Waals surface area contributed by atoms with Gasteiger partial charge in [0.1, 0.15) is 11.8 Å². The third-order valence-corrected chi connectivity index (χ3v) is 7.04. The number of rotatable bonds is 4. The summed E-state index contributed by atoms with van der Waals surface area (Å²) in [5, 5.41) is 0. The Morgan fingerprint density at radius 1 is 1.12 bits per heavy atom. The van der Waals surface area contributed by atoms with Gasteiger partial charge in [-0.15, -0.1) is 0 Å². The van der Waals surface area contributed by atoms with E-state index >= 15 is 0 Å². The summed E-state index contributed by atoms with van der Waals surface area (Å²) in [6.07, 6.45) is 4.15. The molecule has 0 saturated carbocycles. The second-order valence-corrected chi connectivity index (χ2v) is 8.73. The van der Waals surface area contributed by atoms with Gasteiger partial charge in [-0.25, -0.2) is 4.79 Å². The van der Waals surface area contributed by atoms with Gasteiger partial charge >= 0.3 is 5.97 Å². The predicted molar refractivity (Wildman–Crippen MR) is 139 cm³/mol. The Labute approximate surface area is 207 Å². The van der Waals surface area contributed by atoms with Crippen LogP contribution in [-0.4, -0.2) is 68.1 Å². The quantitative estimate of drug-likeness (QED) is 0.447. The van der Waals surface area contributed by atoms with E-state index in [2.05, 4.69) is 44.9 Å². The molecule has 192 valence electrons. The Balaban J connectivity index is 0.00000137. The maximum Gasteiger partial charge on any atom is 0.328 e. The van der Waals surface area contributed by atoms with Crippen LogP contribution < -0.4 is 4.74 Å². The highest BCUT2D eigenvalue weighted by atomic mass is 16.5. The van der Waals surface area contributed by atoms with Crippen LogP contribution in [0.2, 0.25) is 0 Å². The van der Waals surface area contributed by atoms with Crippen molar-refractivity contribution in [1.82, 2.24) is 9.80 Å². The lowest BCUT2D eigenvalue weighted by molar-refractivity contribution is -0.149. The number of ether oxygens (including phenoxy) is 2. The maximum atomic E-state index is 13.3. The summed E-state index contributed by atoms with van der Waals surface area (Å²) in [7, 11) is 5.14. The number of likely N-dealkylation sites (N-methyl/N-ethyl adjacent to an activating group) is 1. The van der Waals surface area contributed by atoms with Gasteiger partial charge in [0.15, 0.2) is 0 Å². The second kappa shape index (κ2) is 13.5. The molecule has 0 N–H and O–H groups in total. The highest BCUT2D eigenvalue weighted by Gasteiger charge is 2.42. The largest absolute Gasteiger partial charge is 0.497 e. The Hall–Kier alpha value is -2.34. The van der Waals surface area contributed by atoms with Crippen LogP contribution in [0, 0.1) is 6.92 Å². The average Bonchev–Trinajstić information content (AvgIpc) is 3.37. The van der Waals surface area contributed by atoms with E-state index in [0.717, 1.165) is 30.7 Å². The summed E-state index contributed by atoms with van der Waals surface area (Å²) in [5.41, 5.74) is 3.16. The van der Waals surface area contributed by atoms with Crippen molar-refractivity contribution in [3.05, 3.63) is 41.0 Å². The molecule has 2 saturated heterocycles. The summed E-state index contributed by atoms with van der Waals surface area (Å²) in [6, 6.07) is 5.77. The number of aryl methyl sites for hydroxylation is 1. The van der Waals surface area contributed by atoms with Gasteiger partial charge in [0, 0.05) is 24.1 Å². The number of benzene rings is 1. The van der Waals surface area contributed by atoms with Gasteiger partial charge in [-0.1, -0.05) is 40.7 Å². The minimum atomic E-state index is -0.485. The fourth-order valence-electron chi connectivity index (χ4n) is 4.96. The number of likely N-dealkylation sites (tertiary alicyclic amines) is 2. The molecular weight excluding hydrogens is 428 g/mol. The fourth-order valence-corrected chi connectivity index (χ4v) is 4.96. The Bertz CT molecular complexity index is 851. The van der Waals surface area contributed by atoms with E-state index in [0.29, 0.717) is 13.0 Å². The van der Waals surface area contributed by atoms with Crippen LogP contribution in [0.3, 0.4) is 0 Å². The molecule has 0 aliphatic carbocycles. The van der Waals surface area contributed by atoms with Crippen LogP contribution in [0.15, 0.2) is 29.8 Å². The number of carbonyl (C=O) groups excluding carboxylic acids is 2. The van der Waals surface area contributed by atoms with E-state index in [-0.39, 0.29) is 23.3 Å². The van der Waals surface area contributed by atoms with Gasteiger partial charge in [0.05, 0.1) is 14.2 Å². The summed E-state index contributed by atoms with van der Waals surface area (Å²) in [4.78, 5) is 29.4. The van der Waals surface area contributed by atoms with Crippen LogP contribution in [0.5, 0.6) is 5.75 Å². The van der Waals surface area contributed by atoms with Crippen molar-refractivity contribution in [2.24, 2.45) is 0 Å². The molecule has 2 aliphatic heterocycles. The molecule has 3 rings (SSSR count). The zero-order chi connectivity index (χ0) is 26.1. The van der Waals surface area contributed by atoms with E-state index < -0.39 is 6.04 Å². The van der Waals surface area contributed by atoms with Gasteiger partial charge in [-0.05, 0) is 75.5 Å². The number of amides is 1. The molecule has 6 nitrogen and oxygen atoms in total. The molecule has 6 heteroatoms. The molecule has 1 amide bonds. The summed E-state index contributed by atoms with van der Waals surface area (Å²) < 4.78 is 10.4. The molecule has 2 aliphatic rings. The van der Waals surface area contributed by atoms with Crippen molar-refractivity contribution in [2.75, 3.05) is 34.4 Å². The number of nitrogens with zero attached hydrogens (tertiary/aromatic N) is 2.